The molecule has 0 atom stereocenters. The van der Waals surface area contributed by atoms with Crippen LogP contribution in [0.2, 0.25) is 0 Å². The smallest absolute Gasteiger partial charge is 0.306 e. The van der Waals surface area contributed by atoms with Gasteiger partial charge < -0.3 is 18.9 Å². The van der Waals surface area contributed by atoms with Crippen molar-refractivity contribution in [1.29, 1.82) is 0 Å². The van der Waals surface area contributed by atoms with Crippen molar-refractivity contribution in [3.8, 4) is 53.9 Å². The van der Waals surface area contributed by atoms with Gasteiger partial charge in [0.25, 0.3) is 0 Å². The summed E-state index contributed by atoms with van der Waals surface area (Å²) < 4.78 is 22.0. The summed E-state index contributed by atoms with van der Waals surface area (Å²) in [6.45, 7) is 24.6. The molecular weight excluding hydrogens is 917 g/mol. The predicted octanol–water partition coefficient (Wildman–Crippen LogP) is 17.4. The van der Waals surface area contributed by atoms with Gasteiger partial charge in [-0.25, -0.2) is 0 Å². The molecule has 0 spiro atoms. The molecule has 6 aromatic rings. The zero-order chi connectivity index (χ0) is 50.6. The monoisotopic (exact) mass is 988 g/mol. The van der Waals surface area contributed by atoms with Crippen LogP contribution in [0.1, 0.15) is 112 Å². The molecule has 0 bridgehead atoms. The van der Waals surface area contributed by atoms with Gasteiger partial charge in [0.05, 0.1) is 13.2 Å². The number of ether oxygens (including phenoxy) is 4. The van der Waals surface area contributed by atoms with E-state index in [1.165, 1.54) is 64.0 Å². The number of hydrogen-bond donors (Lipinski definition) is 0. The van der Waals surface area contributed by atoms with Gasteiger partial charge in [-0.15, -0.1) is 22.7 Å². The molecule has 1 aliphatic carbocycles. The summed E-state index contributed by atoms with van der Waals surface area (Å²) in [5.74, 6) is 1.33. The first kappa shape index (κ1) is 54.1. The summed E-state index contributed by atoms with van der Waals surface area (Å²) in [5.41, 5.74) is 10.9. The topological polar surface area (TPSA) is 71.1 Å². The SMILES string of the molecule is C=CC(C=C)OC(=O)CCCCCOc1ccc(-c2ccc(-c3ccc4c(c3)C(CCC)(CCC)c3cc(-c5ccc(C)s5)ccc3-4)s2)cc1.C=CC(C=C)OC(=O)CCCCCOc1ccc(C)cc1. The van der Waals surface area contributed by atoms with Gasteiger partial charge in [-0.2, -0.15) is 0 Å². The maximum absolute atomic E-state index is 11.9. The van der Waals surface area contributed by atoms with Crippen molar-refractivity contribution in [1.82, 2.24) is 0 Å². The Morgan fingerprint density at radius 2 is 0.944 bits per heavy atom. The van der Waals surface area contributed by atoms with Crippen molar-refractivity contribution in [2.45, 2.75) is 122 Å². The molecule has 2 aromatic heterocycles. The highest BCUT2D eigenvalue weighted by atomic mass is 32.1. The average molecular weight is 989 g/mol. The fourth-order valence-corrected chi connectivity index (χ4v) is 11.1. The molecule has 1 aliphatic rings. The Labute approximate surface area is 431 Å². The summed E-state index contributed by atoms with van der Waals surface area (Å²) in [7, 11) is 0. The Balaban J connectivity index is 0.000000330. The van der Waals surface area contributed by atoms with Crippen LogP contribution in [0.15, 0.2) is 160 Å². The normalized spacial score (nSPS) is 12.0. The number of fused-ring (bicyclic) bond motifs is 3. The Morgan fingerprint density at radius 3 is 1.38 bits per heavy atom. The number of rotatable bonds is 27. The highest BCUT2D eigenvalue weighted by Crippen LogP contribution is 2.56. The molecule has 8 heteroatoms. The molecule has 2 heterocycles. The van der Waals surface area contributed by atoms with Crippen molar-refractivity contribution in [2.24, 2.45) is 0 Å². The quantitative estimate of drug-likeness (QED) is 0.0291. The highest BCUT2D eigenvalue weighted by Gasteiger charge is 2.42. The van der Waals surface area contributed by atoms with Crippen molar-refractivity contribution in [3.63, 3.8) is 0 Å². The lowest BCUT2D eigenvalue weighted by atomic mass is 9.71. The molecular formula is C63H72O6S2. The first-order chi connectivity index (χ1) is 34.5. The second-order valence-electron chi connectivity index (χ2n) is 18.2. The highest BCUT2D eigenvalue weighted by molar-refractivity contribution is 7.18. The minimum absolute atomic E-state index is 0.0364. The molecule has 0 unspecified atom stereocenters. The molecule has 0 aliphatic heterocycles. The second-order valence-corrected chi connectivity index (χ2v) is 20.6. The van der Waals surface area contributed by atoms with Crippen LogP contribution in [0.4, 0.5) is 0 Å². The number of hydrogen-bond acceptors (Lipinski definition) is 8. The number of esters is 2. The van der Waals surface area contributed by atoms with E-state index < -0.39 is 6.10 Å². The third-order valence-corrected chi connectivity index (χ3v) is 15.1. The molecule has 0 N–H and O–H groups in total. The van der Waals surface area contributed by atoms with Gasteiger partial charge in [0.1, 0.15) is 23.7 Å². The number of aryl methyl sites for hydroxylation is 2. The Kier molecular flexibility index (Phi) is 20.9. The molecule has 4 aromatic carbocycles. The fraction of sp³-hybridized carbons (Fsp3) is 0.333. The van der Waals surface area contributed by atoms with E-state index in [4.69, 9.17) is 18.9 Å². The van der Waals surface area contributed by atoms with Gasteiger partial charge in [-0.3, -0.25) is 9.59 Å². The molecule has 0 saturated carbocycles. The van der Waals surface area contributed by atoms with Gasteiger partial charge in [-0.1, -0.05) is 95.0 Å². The number of carbonyl (C=O) groups excluding carboxylic acids is 2. The third kappa shape index (κ3) is 14.9. The van der Waals surface area contributed by atoms with Crippen LogP contribution in [0.3, 0.4) is 0 Å². The number of benzene rings is 4. The van der Waals surface area contributed by atoms with E-state index in [0.29, 0.717) is 26.1 Å². The second kappa shape index (κ2) is 27.4. The van der Waals surface area contributed by atoms with Crippen LogP contribution in [-0.4, -0.2) is 37.4 Å². The van der Waals surface area contributed by atoms with Crippen molar-refractivity contribution >= 4 is 34.6 Å². The van der Waals surface area contributed by atoms with E-state index in [1.807, 2.05) is 53.9 Å². The van der Waals surface area contributed by atoms with Crippen LogP contribution in [0.5, 0.6) is 11.5 Å². The number of thiophene rings is 2. The summed E-state index contributed by atoms with van der Waals surface area (Å²) in [4.78, 5) is 28.7. The maximum Gasteiger partial charge on any atom is 0.306 e. The van der Waals surface area contributed by atoms with Crippen LogP contribution in [-0.2, 0) is 24.5 Å². The first-order valence-electron chi connectivity index (χ1n) is 25.3. The summed E-state index contributed by atoms with van der Waals surface area (Å²) in [5, 5.41) is 0. The maximum atomic E-state index is 11.9. The molecule has 0 amide bonds. The van der Waals surface area contributed by atoms with Crippen LogP contribution >= 0.6 is 22.7 Å². The molecule has 7 rings (SSSR count). The van der Waals surface area contributed by atoms with Gasteiger partial charge in [-0.05, 0) is 201 Å². The minimum Gasteiger partial charge on any atom is -0.494 e. The standard InChI is InChI=1S/C45H48O3S2.C18H24O3/c1-6-26-45(27-7-2)39-29-33(42-23-14-31(5)49-42)17-21-37(39)38-22-18-34(30-40(38)45)43-25-24-41(50-43)32-15-19-36(20-16-32)47-28-12-10-11-13-44(46)48-35(8-3)9-4;1-4-16(5-2)21-18(19)9-7-6-8-14-20-17-12-10-15(3)11-13-17/h8-9,14-25,29-30,35H,3-4,6-7,10-13,26-28H2,1-2,5H3;4-5,10-13,16H,1-2,6-9,14H2,3H3. The molecule has 6 nitrogen and oxygen atoms in total. The van der Waals surface area contributed by atoms with E-state index in [2.05, 4.69) is 132 Å². The minimum atomic E-state index is -0.418. The Bertz CT molecular complexity index is 2660. The predicted molar refractivity (Wildman–Crippen MR) is 299 cm³/mol. The van der Waals surface area contributed by atoms with Crippen LogP contribution < -0.4 is 9.47 Å². The van der Waals surface area contributed by atoms with E-state index in [9.17, 15) is 9.59 Å². The lowest BCUT2D eigenvalue weighted by Crippen LogP contribution is -2.25. The molecule has 372 valence electrons. The first-order valence-corrected chi connectivity index (χ1v) is 27.0. The van der Waals surface area contributed by atoms with Crippen LogP contribution in [0, 0.1) is 13.8 Å². The van der Waals surface area contributed by atoms with Gasteiger partial charge in [0.2, 0.25) is 0 Å². The largest absolute Gasteiger partial charge is 0.494 e. The zero-order valence-electron chi connectivity index (χ0n) is 42.4. The lowest BCUT2D eigenvalue weighted by Gasteiger charge is -2.32. The van der Waals surface area contributed by atoms with E-state index in [0.717, 1.165) is 75.7 Å². The summed E-state index contributed by atoms with van der Waals surface area (Å²) in [6.07, 6.45) is 16.1. The Morgan fingerprint density at radius 1 is 0.521 bits per heavy atom. The summed E-state index contributed by atoms with van der Waals surface area (Å²) >= 11 is 3.73. The molecule has 71 heavy (non-hydrogen) atoms. The van der Waals surface area contributed by atoms with E-state index in [1.54, 1.807) is 24.3 Å². The van der Waals surface area contributed by atoms with Crippen LogP contribution in [0.25, 0.3) is 42.4 Å². The van der Waals surface area contributed by atoms with Crippen molar-refractivity contribution in [2.75, 3.05) is 13.2 Å². The Hall–Kier alpha value is -6.22. The average Bonchev–Trinajstić information content (AvgIpc) is 4.13. The molecule has 0 saturated heterocycles. The zero-order valence-corrected chi connectivity index (χ0v) is 44.0. The summed E-state index contributed by atoms with van der Waals surface area (Å²) in [6, 6.07) is 39.8. The number of carbonyl (C=O) groups is 2. The van der Waals surface area contributed by atoms with E-state index >= 15 is 0 Å². The van der Waals surface area contributed by atoms with E-state index in [-0.39, 0.29) is 23.5 Å². The molecule has 0 fully saturated rings. The van der Waals surface area contributed by atoms with Crippen molar-refractivity contribution < 1.29 is 28.5 Å². The third-order valence-electron chi connectivity index (χ3n) is 12.8. The van der Waals surface area contributed by atoms with Crippen molar-refractivity contribution in [3.05, 3.63) is 181 Å². The fourth-order valence-electron chi connectivity index (χ4n) is 9.19. The lowest BCUT2D eigenvalue weighted by molar-refractivity contribution is -0.146. The molecule has 0 radical (unpaired) electrons. The number of unbranched alkanes of at least 4 members (excludes halogenated alkanes) is 4. The van der Waals surface area contributed by atoms with Gasteiger partial charge in [0, 0.05) is 37.8 Å². The van der Waals surface area contributed by atoms with Gasteiger partial charge >= 0.3 is 11.9 Å². The van der Waals surface area contributed by atoms with Gasteiger partial charge in [0.15, 0.2) is 0 Å².